The molecule has 0 saturated carbocycles. The van der Waals surface area contributed by atoms with Gasteiger partial charge in [-0.25, -0.2) is 0 Å². The number of benzene rings is 1. The zero-order valence-electron chi connectivity index (χ0n) is 11.8. The first kappa shape index (κ1) is 14.2. The molecule has 1 atom stereocenters. The molecule has 1 unspecified atom stereocenters. The molecular formula is C15H18N2O3. The van der Waals surface area contributed by atoms with E-state index < -0.39 is 11.9 Å². The quantitative estimate of drug-likeness (QED) is 0.906. The van der Waals surface area contributed by atoms with E-state index in [2.05, 4.69) is 24.0 Å². The molecule has 106 valence electrons. The van der Waals surface area contributed by atoms with Crippen LogP contribution in [0.3, 0.4) is 0 Å². The van der Waals surface area contributed by atoms with Gasteiger partial charge in [0.25, 0.3) is 0 Å². The first-order valence-corrected chi connectivity index (χ1v) is 6.59. The number of aliphatic carboxylic acids is 1. The molecular weight excluding hydrogens is 256 g/mol. The number of hydrogen-bond acceptors (Lipinski definition) is 4. The Kier molecular flexibility index (Phi) is 4.17. The van der Waals surface area contributed by atoms with Gasteiger partial charge in [0.2, 0.25) is 11.8 Å². The molecule has 0 amide bonds. The number of hydrogen-bond donors (Lipinski definition) is 1. The van der Waals surface area contributed by atoms with E-state index in [0.717, 1.165) is 5.56 Å². The molecule has 2 rings (SSSR count). The first-order valence-electron chi connectivity index (χ1n) is 6.59. The van der Waals surface area contributed by atoms with Gasteiger partial charge in [-0.2, -0.15) is 0 Å². The average molecular weight is 274 g/mol. The van der Waals surface area contributed by atoms with Gasteiger partial charge in [0.15, 0.2) is 0 Å². The van der Waals surface area contributed by atoms with Crippen LogP contribution in [0.15, 0.2) is 28.7 Å². The molecule has 5 heteroatoms. The fourth-order valence-corrected chi connectivity index (χ4v) is 2.09. The summed E-state index contributed by atoms with van der Waals surface area (Å²) >= 11 is 0. The van der Waals surface area contributed by atoms with Crippen LogP contribution in [0.4, 0.5) is 0 Å². The zero-order valence-corrected chi connectivity index (χ0v) is 11.8. The minimum Gasteiger partial charge on any atom is -0.481 e. The van der Waals surface area contributed by atoms with E-state index in [-0.39, 0.29) is 6.42 Å². The number of carboxylic acids is 1. The minimum absolute atomic E-state index is 0.0668. The molecule has 1 N–H and O–H groups in total. The third-order valence-electron chi connectivity index (χ3n) is 3.22. The maximum atomic E-state index is 11.0. The van der Waals surface area contributed by atoms with Gasteiger partial charge in [0.1, 0.15) is 0 Å². The smallest absolute Gasteiger partial charge is 0.304 e. The summed E-state index contributed by atoms with van der Waals surface area (Å²) in [4.78, 5) is 11.0. The summed E-state index contributed by atoms with van der Waals surface area (Å²) < 4.78 is 5.39. The second-order valence-corrected chi connectivity index (χ2v) is 5.13. The monoisotopic (exact) mass is 274 g/mol. The Bertz CT molecular complexity index is 587. The van der Waals surface area contributed by atoms with Crippen molar-refractivity contribution in [1.29, 1.82) is 0 Å². The van der Waals surface area contributed by atoms with Crippen molar-refractivity contribution in [3.63, 3.8) is 0 Å². The predicted molar refractivity (Wildman–Crippen MR) is 73.7 cm³/mol. The predicted octanol–water partition coefficient (Wildman–Crippen LogP) is 3.11. The van der Waals surface area contributed by atoms with Gasteiger partial charge >= 0.3 is 5.97 Å². The highest BCUT2D eigenvalue weighted by molar-refractivity contribution is 5.68. The maximum absolute atomic E-state index is 11.0. The molecule has 1 aromatic heterocycles. The fourth-order valence-electron chi connectivity index (χ4n) is 2.09. The van der Waals surface area contributed by atoms with Crippen molar-refractivity contribution in [1.82, 2.24) is 10.2 Å². The lowest BCUT2D eigenvalue weighted by atomic mass is 9.93. The van der Waals surface area contributed by atoms with E-state index in [1.807, 2.05) is 24.3 Å². The van der Waals surface area contributed by atoms with Crippen LogP contribution >= 0.6 is 0 Å². The molecule has 0 spiro atoms. The second-order valence-electron chi connectivity index (χ2n) is 5.13. The van der Waals surface area contributed by atoms with Crippen LogP contribution in [-0.2, 0) is 4.79 Å². The van der Waals surface area contributed by atoms with Crippen molar-refractivity contribution < 1.29 is 14.3 Å². The number of carboxylic acid groups (broad SMARTS) is 1. The third kappa shape index (κ3) is 3.23. The number of carbonyl (C=O) groups is 1. The van der Waals surface area contributed by atoms with Crippen LogP contribution in [-0.4, -0.2) is 21.3 Å². The van der Waals surface area contributed by atoms with Crippen LogP contribution in [0.25, 0.3) is 0 Å². The fraction of sp³-hybridized carbons (Fsp3) is 0.400. The Morgan fingerprint density at radius 2 is 1.80 bits per heavy atom. The summed E-state index contributed by atoms with van der Waals surface area (Å²) in [5, 5.41) is 16.8. The van der Waals surface area contributed by atoms with Gasteiger partial charge < -0.3 is 9.52 Å². The van der Waals surface area contributed by atoms with Gasteiger partial charge in [0, 0.05) is 6.92 Å². The topological polar surface area (TPSA) is 76.2 Å². The average Bonchev–Trinajstić information content (AvgIpc) is 2.82. The lowest BCUT2D eigenvalue weighted by molar-refractivity contribution is -0.137. The van der Waals surface area contributed by atoms with Gasteiger partial charge in [-0.05, 0) is 17.0 Å². The first-order chi connectivity index (χ1) is 9.47. The van der Waals surface area contributed by atoms with Crippen molar-refractivity contribution in [2.45, 2.75) is 39.0 Å². The van der Waals surface area contributed by atoms with E-state index in [0.29, 0.717) is 17.7 Å². The Morgan fingerprint density at radius 3 is 2.25 bits per heavy atom. The number of aryl methyl sites for hydroxylation is 1. The number of aromatic nitrogens is 2. The lowest BCUT2D eigenvalue weighted by Gasteiger charge is -2.13. The van der Waals surface area contributed by atoms with Gasteiger partial charge in [0.05, 0.1) is 12.3 Å². The van der Waals surface area contributed by atoms with Gasteiger partial charge in [-0.1, -0.05) is 38.1 Å². The molecule has 1 heterocycles. The molecule has 0 saturated heterocycles. The molecule has 0 bridgehead atoms. The van der Waals surface area contributed by atoms with Crippen molar-refractivity contribution >= 4 is 5.97 Å². The summed E-state index contributed by atoms with van der Waals surface area (Å²) in [6.45, 7) is 5.92. The highest BCUT2D eigenvalue weighted by atomic mass is 16.4. The Morgan fingerprint density at radius 1 is 1.20 bits per heavy atom. The molecule has 0 radical (unpaired) electrons. The Balaban J connectivity index is 2.33. The maximum Gasteiger partial charge on any atom is 0.304 e. The van der Waals surface area contributed by atoms with Gasteiger partial charge in [-0.3, -0.25) is 4.79 Å². The van der Waals surface area contributed by atoms with E-state index in [1.54, 1.807) is 6.92 Å². The van der Waals surface area contributed by atoms with Crippen molar-refractivity contribution in [3.05, 3.63) is 47.2 Å². The molecule has 5 nitrogen and oxygen atoms in total. The van der Waals surface area contributed by atoms with Crippen molar-refractivity contribution in [3.8, 4) is 0 Å². The summed E-state index contributed by atoms with van der Waals surface area (Å²) in [6.07, 6.45) is -0.0668. The Hall–Kier alpha value is -2.17. The van der Waals surface area contributed by atoms with E-state index >= 15 is 0 Å². The molecule has 0 aliphatic heterocycles. The summed E-state index contributed by atoms with van der Waals surface area (Å²) in [6, 6.07) is 7.89. The molecule has 0 fully saturated rings. The SMILES string of the molecule is Cc1nnc(C(CC(=O)O)c2ccc(C(C)C)cc2)o1. The largest absolute Gasteiger partial charge is 0.481 e. The normalized spacial score (nSPS) is 12.6. The number of rotatable bonds is 5. The van der Waals surface area contributed by atoms with E-state index in [4.69, 9.17) is 9.52 Å². The second kappa shape index (κ2) is 5.86. The summed E-state index contributed by atoms with van der Waals surface area (Å²) in [5.41, 5.74) is 2.09. The molecule has 0 aliphatic rings. The third-order valence-corrected chi connectivity index (χ3v) is 3.22. The molecule has 20 heavy (non-hydrogen) atoms. The van der Waals surface area contributed by atoms with Crippen molar-refractivity contribution in [2.75, 3.05) is 0 Å². The van der Waals surface area contributed by atoms with Crippen LogP contribution in [0.5, 0.6) is 0 Å². The van der Waals surface area contributed by atoms with Crippen LogP contribution in [0, 0.1) is 6.92 Å². The molecule has 2 aromatic rings. The van der Waals surface area contributed by atoms with Crippen LogP contribution < -0.4 is 0 Å². The van der Waals surface area contributed by atoms with E-state index in [9.17, 15) is 4.79 Å². The minimum atomic E-state index is -0.890. The highest BCUT2D eigenvalue weighted by Crippen LogP contribution is 2.28. The molecule has 1 aromatic carbocycles. The van der Waals surface area contributed by atoms with E-state index in [1.165, 1.54) is 5.56 Å². The standard InChI is InChI=1S/C15H18N2O3/c1-9(2)11-4-6-12(7-5-11)13(8-14(18)19)15-17-16-10(3)20-15/h4-7,9,13H,8H2,1-3H3,(H,18,19). The van der Waals surface area contributed by atoms with Crippen molar-refractivity contribution in [2.24, 2.45) is 0 Å². The zero-order chi connectivity index (χ0) is 14.7. The highest BCUT2D eigenvalue weighted by Gasteiger charge is 2.23. The number of nitrogens with zero attached hydrogens (tertiary/aromatic N) is 2. The molecule has 0 aliphatic carbocycles. The van der Waals surface area contributed by atoms with Crippen LogP contribution in [0.2, 0.25) is 0 Å². The Labute approximate surface area is 117 Å². The van der Waals surface area contributed by atoms with Crippen LogP contribution in [0.1, 0.15) is 55.0 Å². The summed E-state index contributed by atoms with van der Waals surface area (Å²) in [5.74, 6) is -0.0716. The van der Waals surface area contributed by atoms with Gasteiger partial charge in [-0.15, -0.1) is 10.2 Å². The summed E-state index contributed by atoms with van der Waals surface area (Å²) in [7, 11) is 0. The lowest BCUT2D eigenvalue weighted by Crippen LogP contribution is -2.08.